The highest BCUT2D eigenvalue weighted by molar-refractivity contribution is 6.31. The van der Waals surface area contributed by atoms with E-state index in [4.69, 9.17) is 16.3 Å². The van der Waals surface area contributed by atoms with Gasteiger partial charge < -0.3 is 15.2 Å². The molecule has 2 N–H and O–H groups in total. The van der Waals surface area contributed by atoms with E-state index in [-0.39, 0.29) is 24.7 Å². The van der Waals surface area contributed by atoms with Crippen LogP contribution in [0.4, 0.5) is 0 Å². The Kier molecular flexibility index (Phi) is 5.26. The van der Waals surface area contributed by atoms with Gasteiger partial charge in [0.05, 0.1) is 6.10 Å². The molecule has 2 rings (SSSR count). The molecule has 0 aromatic heterocycles. The third-order valence-electron chi connectivity index (χ3n) is 3.56. The number of hydrogen-bond donors (Lipinski definition) is 2. The lowest BCUT2D eigenvalue weighted by molar-refractivity contribution is -0.124. The third kappa shape index (κ3) is 4.39. The van der Waals surface area contributed by atoms with Gasteiger partial charge in [-0.2, -0.15) is 0 Å². The van der Waals surface area contributed by atoms with Crippen molar-refractivity contribution in [3.63, 3.8) is 0 Å². The fraction of sp³-hybridized carbons (Fsp3) is 0.533. The van der Waals surface area contributed by atoms with Crippen LogP contribution in [0.5, 0.6) is 5.75 Å². The number of amides is 1. The number of aryl methyl sites for hydroxylation is 1. The zero-order valence-corrected chi connectivity index (χ0v) is 12.3. The first-order valence-electron chi connectivity index (χ1n) is 6.91. The molecule has 0 unspecified atom stereocenters. The summed E-state index contributed by atoms with van der Waals surface area (Å²) in [5.74, 6) is 0.514. The van der Waals surface area contributed by atoms with Gasteiger partial charge in [-0.1, -0.05) is 11.6 Å². The molecule has 0 radical (unpaired) electrons. The van der Waals surface area contributed by atoms with E-state index in [1.165, 1.54) is 0 Å². The molecule has 1 aliphatic carbocycles. The lowest BCUT2D eigenvalue weighted by Crippen LogP contribution is -2.40. The van der Waals surface area contributed by atoms with Crippen molar-refractivity contribution in [1.82, 2.24) is 5.32 Å². The molecule has 4 nitrogen and oxygen atoms in total. The maximum Gasteiger partial charge on any atom is 0.258 e. The van der Waals surface area contributed by atoms with Gasteiger partial charge in [-0.15, -0.1) is 0 Å². The van der Waals surface area contributed by atoms with Gasteiger partial charge in [0.2, 0.25) is 0 Å². The van der Waals surface area contributed by atoms with Crippen molar-refractivity contribution < 1.29 is 14.6 Å². The predicted molar refractivity (Wildman–Crippen MR) is 78.1 cm³/mol. The van der Waals surface area contributed by atoms with Gasteiger partial charge in [0.15, 0.2) is 6.61 Å². The monoisotopic (exact) mass is 297 g/mol. The predicted octanol–water partition coefficient (Wildman–Crippen LogP) is 2.45. The molecular weight excluding hydrogens is 278 g/mol. The van der Waals surface area contributed by atoms with E-state index in [1.54, 1.807) is 12.1 Å². The first-order valence-corrected chi connectivity index (χ1v) is 7.29. The topological polar surface area (TPSA) is 58.6 Å². The first kappa shape index (κ1) is 15.1. The minimum atomic E-state index is -0.212. The summed E-state index contributed by atoms with van der Waals surface area (Å²) in [7, 11) is 0. The van der Waals surface area contributed by atoms with E-state index in [0.717, 1.165) is 31.2 Å². The minimum Gasteiger partial charge on any atom is -0.484 e. The zero-order valence-electron chi connectivity index (χ0n) is 11.6. The quantitative estimate of drug-likeness (QED) is 0.897. The van der Waals surface area contributed by atoms with Crippen LogP contribution >= 0.6 is 11.6 Å². The Bertz CT molecular complexity index is 470. The molecule has 20 heavy (non-hydrogen) atoms. The molecule has 0 saturated heterocycles. The van der Waals surface area contributed by atoms with Crippen molar-refractivity contribution >= 4 is 17.5 Å². The second-order valence-corrected chi connectivity index (χ2v) is 5.68. The molecule has 1 aliphatic rings. The smallest absolute Gasteiger partial charge is 0.258 e. The molecule has 110 valence electrons. The standard InChI is InChI=1S/C15H20ClNO3/c1-10-8-13(6-7-14(10)16)20-9-15(19)17-11-2-4-12(18)5-3-11/h6-8,11-12,18H,2-5,9H2,1H3,(H,17,19). The zero-order chi connectivity index (χ0) is 14.5. The number of carbonyl (C=O) groups is 1. The Morgan fingerprint density at radius 3 is 2.75 bits per heavy atom. The average Bonchev–Trinajstić information content (AvgIpc) is 2.43. The van der Waals surface area contributed by atoms with E-state index in [2.05, 4.69) is 5.32 Å². The number of hydrogen-bond acceptors (Lipinski definition) is 3. The van der Waals surface area contributed by atoms with Gasteiger partial charge in [0.25, 0.3) is 5.91 Å². The summed E-state index contributed by atoms with van der Waals surface area (Å²) in [6.45, 7) is 1.89. The Hall–Kier alpha value is -1.26. The average molecular weight is 298 g/mol. The van der Waals surface area contributed by atoms with Crippen LogP contribution in [0.25, 0.3) is 0 Å². The summed E-state index contributed by atoms with van der Waals surface area (Å²) in [6.07, 6.45) is 2.95. The highest BCUT2D eigenvalue weighted by atomic mass is 35.5. The number of ether oxygens (including phenoxy) is 1. The van der Waals surface area contributed by atoms with Crippen molar-refractivity contribution in [2.24, 2.45) is 0 Å². The van der Waals surface area contributed by atoms with Gasteiger partial charge >= 0.3 is 0 Å². The Morgan fingerprint density at radius 1 is 1.40 bits per heavy atom. The number of aliphatic hydroxyl groups excluding tert-OH is 1. The van der Waals surface area contributed by atoms with Gasteiger partial charge in [0, 0.05) is 11.1 Å². The number of rotatable bonds is 4. The van der Waals surface area contributed by atoms with Crippen molar-refractivity contribution in [3.8, 4) is 5.75 Å². The second-order valence-electron chi connectivity index (χ2n) is 5.27. The normalized spacial score (nSPS) is 22.4. The summed E-state index contributed by atoms with van der Waals surface area (Å²) in [6, 6.07) is 5.47. The summed E-state index contributed by atoms with van der Waals surface area (Å²) in [5.41, 5.74) is 0.922. The van der Waals surface area contributed by atoms with Crippen molar-refractivity contribution in [3.05, 3.63) is 28.8 Å². The van der Waals surface area contributed by atoms with E-state index in [9.17, 15) is 9.90 Å². The van der Waals surface area contributed by atoms with E-state index in [1.807, 2.05) is 13.0 Å². The maximum absolute atomic E-state index is 11.8. The van der Waals surface area contributed by atoms with Crippen LogP contribution < -0.4 is 10.1 Å². The number of halogens is 1. The van der Waals surface area contributed by atoms with Crippen molar-refractivity contribution in [2.75, 3.05) is 6.61 Å². The summed E-state index contributed by atoms with van der Waals surface area (Å²) < 4.78 is 5.45. The molecular formula is C15H20ClNO3. The molecule has 1 saturated carbocycles. The molecule has 0 spiro atoms. The van der Waals surface area contributed by atoms with Crippen molar-refractivity contribution in [2.45, 2.75) is 44.8 Å². The van der Waals surface area contributed by atoms with Gasteiger partial charge in [-0.3, -0.25) is 4.79 Å². The Labute approximate surface area is 124 Å². The summed E-state index contributed by atoms with van der Waals surface area (Å²) in [5, 5.41) is 13.0. The first-order chi connectivity index (χ1) is 9.54. The van der Waals surface area contributed by atoms with Crippen LogP contribution in [0.15, 0.2) is 18.2 Å². The fourth-order valence-electron chi connectivity index (χ4n) is 2.35. The SMILES string of the molecule is Cc1cc(OCC(=O)NC2CCC(O)CC2)ccc1Cl. The number of aliphatic hydroxyl groups is 1. The maximum atomic E-state index is 11.8. The van der Waals surface area contributed by atoms with Crippen LogP contribution in [0, 0.1) is 6.92 Å². The lowest BCUT2D eigenvalue weighted by atomic mass is 9.93. The molecule has 1 aromatic rings. The minimum absolute atomic E-state index is 0.000125. The molecule has 0 heterocycles. The summed E-state index contributed by atoms with van der Waals surface area (Å²) >= 11 is 5.93. The van der Waals surface area contributed by atoms with Crippen LogP contribution in [0.3, 0.4) is 0 Å². The molecule has 5 heteroatoms. The summed E-state index contributed by atoms with van der Waals surface area (Å²) in [4.78, 5) is 11.8. The molecule has 0 aliphatic heterocycles. The Morgan fingerprint density at radius 2 is 2.10 bits per heavy atom. The lowest BCUT2D eigenvalue weighted by Gasteiger charge is -2.26. The number of carbonyl (C=O) groups excluding carboxylic acids is 1. The number of benzene rings is 1. The van der Waals surface area contributed by atoms with Crippen molar-refractivity contribution in [1.29, 1.82) is 0 Å². The van der Waals surface area contributed by atoms with Crippen LogP contribution in [-0.4, -0.2) is 29.8 Å². The largest absolute Gasteiger partial charge is 0.484 e. The molecule has 1 amide bonds. The van der Waals surface area contributed by atoms with E-state index < -0.39 is 0 Å². The fourth-order valence-corrected chi connectivity index (χ4v) is 2.46. The second kappa shape index (κ2) is 6.95. The van der Waals surface area contributed by atoms with E-state index >= 15 is 0 Å². The molecule has 0 atom stereocenters. The van der Waals surface area contributed by atoms with Gasteiger partial charge in [-0.05, 0) is 56.4 Å². The highest BCUT2D eigenvalue weighted by Gasteiger charge is 2.20. The van der Waals surface area contributed by atoms with Crippen LogP contribution in [0.2, 0.25) is 5.02 Å². The van der Waals surface area contributed by atoms with Crippen LogP contribution in [0.1, 0.15) is 31.2 Å². The Balaban J connectivity index is 1.76. The molecule has 1 fully saturated rings. The molecule has 1 aromatic carbocycles. The van der Waals surface area contributed by atoms with Crippen LogP contribution in [-0.2, 0) is 4.79 Å². The van der Waals surface area contributed by atoms with Gasteiger partial charge in [0.1, 0.15) is 5.75 Å². The third-order valence-corrected chi connectivity index (χ3v) is 3.99. The van der Waals surface area contributed by atoms with Gasteiger partial charge in [-0.25, -0.2) is 0 Å². The number of nitrogens with one attached hydrogen (secondary N) is 1. The van der Waals surface area contributed by atoms with E-state index in [0.29, 0.717) is 10.8 Å². The highest BCUT2D eigenvalue weighted by Crippen LogP contribution is 2.21. The molecule has 0 bridgehead atoms.